The maximum Gasteiger partial charge on any atom is 0.260 e. The molecule has 0 fully saturated rings. The number of benzene rings is 2. The number of hydrogen-bond donors (Lipinski definition) is 2. The molecule has 0 aromatic heterocycles. The molecule has 0 spiro atoms. The molecule has 0 bridgehead atoms. The van der Waals surface area contributed by atoms with E-state index in [4.69, 9.17) is 11.6 Å². The van der Waals surface area contributed by atoms with Gasteiger partial charge in [-0.2, -0.15) is 0 Å². The van der Waals surface area contributed by atoms with Crippen LogP contribution in [0.3, 0.4) is 0 Å². The highest BCUT2D eigenvalue weighted by Crippen LogP contribution is 2.21. The molecule has 0 saturated carbocycles. The minimum Gasteiger partial charge on any atom is -0.383 e. The Morgan fingerprint density at radius 3 is 2.57 bits per heavy atom. The Balaban J connectivity index is 2.23. The number of nitrogens with one attached hydrogen (secondary N) is 2. The van der Waals surface area contributed by atoms with E-state index in [0.29, 0.717) is 17.9 Å². The van der Waals surface area contributed by atoms with Crippen molar-refractivity contribution < 1.29 is 9.18 Å². The van der Waals surface area contributed by atoms with Crippen LogP contribution in [0.5, 0.6) is 0 Å². The Morgan fingerprint density at radius 2 is 1.90 bits per heavy atom. The number of alkyl halides is 1. The van der Waals surface area contributed by atoms with E-state index >= 15 is 0 Å². The zero-order valence-electron chi connectivity index (χ0n) is 11.6. The highest BCUT2D eigenvalue weighted by molar-refractivity contribution is 6.20. The fraction of sp³-hybridized carbons (Fsp3) is 0.188. The first kappa shape index (κ1) is 15.3. The number of carbonyl (C=O) groups excluding carboxylic acids is 1. The van der Waals surface area contributed by atoms with Gasteiger partial charge in [0.2, 0.25) is 0 Å². The van der Waals surface area contributed by atoms with Crippen molar-refractivity contribution in [2.75, 3.05) is 17.2 Å². The molecule has 0 saturated heterocycles. The van der Waals surface area contributed by atoms with Crippen molar-refractivity contribution in [2.24, 2.45) is 0 Å². The summed E-state index contributed by atoms with van der Waals surface area (Å²) in [4.78, 5) is 12.3. The van der Waals surface area contributed by atoms with Crippen molar-refractivity contribution in [2.45, 2.75) is 12.3 Å². The Morgan fingerprint density at radius 1 is 1.19 bits per heavy atom. The van der Waals surface area contributed by atoms with Crippen molar-refractivity contribution >= 4 is 28.9 Å². The molecule has 5 heteroatoms. The molecular weight excluding hydrogens is 291 g/mol. The van der Waals surface area contributed by atoms with Gasteiger partial charge < -0.3 is 10.6 Å². The standard InChI is InChI=1S/C16H16ClFN2O/c1-11(17)10-19-14-9-5-8-13(18)15(14)16(21)20-12-6-3-2-4-7-12/h2-9,11,19H,10H2,1H3,(H,20,21). The van der Waals surface area contributed by atoms with Crippen LogP contribution in [0.25, 0.3) is 0 Å². The van der Waals surface area contributed by atoms with Crippen LogP contribution < -0.4 is 10.6 Å². The predicted octanol–water partition coefficient (Wildman–Crippen LogP) is 4.12. The summed E-state index contributed by atoms with van der Waals surface area (Å²) in [5.74, 6) is -1.07. The fourth-order valence-electron chi connectivity index (χ4n) is 1.87. The van der Waals surface area contributed by atoms with Crippen molar-refractivity contribution in [3.63, 3.8) is 0 Å². The molecule has 2 aromatic carbocycles. The van der Waals surface area contributed by atoms with Gasteiger partial charge in [-0.15, -0.1) is 11.6 Å². The quantitative estimate of drug-likeness (QED) is 0.816. The summed E-state index contributed by atoms with van der Waals surface area (Å²) >= 11 is 5.87. The second-order valence-corrected chi connectivity index (χ2v) is 5.39. The molecule has 0 heterocycles. The largest absolute Gasteiger partial charge is 0.383 e. The molecule has 2 N–H and O–H groups in total. The van der Waals surface area contributed by atoms with Crippen molar-refractivity contribution in [1.82, 2.24) is 0 Å². The summed E-state index contributed by atoms with van der Waals surface area (Å²) in [5.41, 5.74) is 1.03. The van der Waals surface area contributed by atoms with E-state index in [0.717, 1.165) is 0 Å². The van der Waals surface area contributed by atoms with Gasteiger partial charge in [0.25, 0.3) is 5.91 Å². The van der Waals surface area contributed by atoms with Gasteiger partial charge in [-0.3, -0.25) is 4.79 Å². The van der Waals surface area contributed by atoms with E-state index in [-0.39, 0.29) is 10.9 Å². The third kappa shape index (κ3) is 4.20. The summed E-state index contributed by atoms with van der Waals surface area (Å²) < 4.78 is 14.0. The summed E-state index contributed by atoms with van der Waals surface area (Å²) in [6.45, 7) is 2.26. The fourth-order valence-corrected chi connectivity index (χ4v) is 1.95. The summed E-state index contributed by atoms with van der Waals surface area (Å²) in [5, 5.41) is 5.54. The summed E-state index contributed by atoms with van der Waals surface area (Å²) in [7, 11) is 0. The van der Waals surface area contributed by atoms with Crippen LogP contribution in [0.1, 0.15) is 17.3 Å². The molecule has 0 aliphatic rings. The SMILES string of the molecule is CC(Cl)CNc1cccc(F)c1C(=O)Nc1ccccc1. The molecule has 2 aromatic rings. The lowest BCUT2D eigenvalue weighted by Gasteiger charge is -2.13. The number of rotatable bonds is 5. The highest BCUT2D eigenvalue weighted by Gasteiger charge is 2.17. The van der Waals surface area contributed by atoms with Crippen LogP contribution in [0, 0.1) is 5.82 Å². The first-order valence-electron chi connectivity index (χ1n) is 6.61. The Bertz CT molecular complexity index is 617. The van der Waals surface area contributed by atoms with Gasteiger partial charge in [-0.25, -0.2) is 4.39 Å². The molecule has 2 rings (SSSR count). The first-order chi connectivity index (χ1) is 10.1. The Hall–Kier alpha value is -2.07. The molecule has 1 amide bonds. The lowest BCUT2D eigenvalue weighted by Crippen LogP contribution is -2.19. The van der Waals surface area contributed by atoms with E-state index in [1.54, 1.807) is 36.4 Å². The maximum atomic E-state index is 14.0. The molecule has 21 heavy (non-hydrogen) atoms. The number of hydrogen-bond acceptors (Lipinski definition) is 2. The maximum absolute atomic E-state index is 14.0. The van der Waals surface area contributed by atoms with E-state index in [2.05, 4.69) is 10.6 Å². The first-order valence-corrected chi connectivity index (χ1v) is 7.04. The summed E-state index contributed by atoms with van der Waals surface area (Å²) in [6.07, 6.45) is 0. The third-order valence-electron chi connectivity index (χ3n) is 2.85. The van der Waals surface area contributed by atoms with Gasteiger partial charge in [0.1, 0.15) is 5.82 Å². The van der Waals surface area contributed by atoms with Crippen LogP contribution in [0.4, 0.5) is 15.8 Å². The zero-order chi connectivity index (χ0) is 15.2. The van der Waals surface area contributed by atoms with Crippen molar-refractivity contribution in [1.29, 1.82) is 0 Å². The topological polar surface area (TPSA) is 41.1 Å². The monoisotopic (exact) mass is 306 g/mol. The number of halogens is 2. The van der Waals surface area contributed by atoms with E-state index in [1.165, 1.54) is 6.07 Å². The number of amides is 1. The molecule has 0 aliphatic carbocycles. The molecule has 0 radical (unpaired) electrons. The number of para-hydroxylation sites is 1. The average molecular weight is 307 g/mol. The molecule has 3 nitrogen and oxygen atoms in total. The molecule has 0 aliphatic heterocycles. The minimum absolute atomic E-state index is 0.0151. The van der Waals surface area contributed by atoms with Gasteiger partial charge in [0, 0.05) is 23.3 Å². The van der Waals surface area contributed by atoms with Crippen molar-refractivity contribution in [3.05, 3.63) is 59.9 Å². The average Bonchev–Trinajstić information content (AvgIpc) is 2.46. The summed E-state index contributed by atoms with van der Waals surface area (Å²) in [6, 6.07) is 13.4. The van der Waals surface area contributed by atoms with Gasteiger partial charge in [0.05, 0.1) is 5.56 Å². The molecular formula is C16H16ClFN2O. The van der Waals surface area contributed by atoms with E-state index < -0.39 is 11.7 Å². The van der Waals surface area contributed by atoms with Gasteiger partial charge in [-0.05, 0) is 31.2 Å². The normalized spacial score (nSPS) is 11.8. The van der Waals surface area contributed by atoms with Crippen LogP contribution in [-0.4, -0.2) is 17.8 Å². The third-order valence-corrected chi connectivity index (χ3v) is 3.00. The van der Waals surface area contributed by atoms with Crippen LogP contribution in [0.2, 0.25) is 0 Å². The predicted molar refractivity (Wildman–Crippen MR) is 84.6 cm³/mol. The Kier molecular flexibility index (Phi) is 5.17. The van der Waals surface area contributed by atoms with E-state index in [9.17, 15) is 9.18 Å². The smallest absolute Gasteiger partial charge is 0.260 e. The number of carbonyl (C=O) groups is 1. The van der Waals surface area contributed by atoms with Crippen LogP contribution >= 0.6 is 11.6 Å². The second kappa shape index (κ2) is 7.09. The van der Waals surface area contributed by atoms with Gasteiger partial charge in [0.15, 0.2) is 0 Å². The molecule has 1 atom stereocenters. The minimum atomic E-state index is -0.573. The second-order valence-electron chi connectivity index (χ2n) is 4.64. The lowest BCUT2D eigenvalue weighted by atomic mass is 10.1. The van der Waals surface area contributed by atoms with Crippen LogP contribution in [-0.2, 0) is 0 Å². The highest BCUT2D eigenvalue weighted by atomic mass is 35.5. The Labute approximate surface area is 128 Å². The van der Waals surface area contributed by atoms with Gasteiger partial charge in [-0.1, -0.05) is 24.3 Å². The van der Waals surface area contributed by atoms with Gasteiger partial charge >= 0.3 is 0 Å². The molecule has 110 valence electrons. The van der Waals surface area contributed by atoms with E-state index in [1.807, 2.05) is 13.0 Å². The molecule has 1 unspecified atom stereocenters. The van der Waals surface area contributed by atoms with Crippen molar-refractivity contribution in [3.8, 4) is 0 Å². The number of anilines is 2. The van der Waals surface area contributed by atoms with Crippen LogP contribution in [0.15, 0.2) is 48.5 Å². The lowest BCUT2D eigenvalue weighted by molar-refractivity contribution is 0.102. The zero-order valence-corrected chi connectivity index (χ0v) is 12.3.